The number of hydrogen-bond acceptors (Lipinski definition) is 4. The van der Waals surface area contributed by atoms with Gasteiger partial charge in [-0.05, 0) is 36.6 Å². The molecule has 0 aliphatic carbocycles. The van der Waals surface area contributed by atoms with E-state index in [9.17, 15) is 9.59 Å². The molecule has 1 N–H and O–H groups in total. The fraction of sp³-hybridized carbons (Fsp3) is 0.391. The molecule has 29 heavy (non-hydrogen) atoms. The summed E-state index contributed by atoms with van der Waals surface area (Å²) in [4.78, 5) is 27.3. The number of carbonyl (C=O) groups is 2. The number of likely N-dealkylation sites (N-methyl/N-ethyl adjacent to an activating group) is 1. The minimum absolute atomic E-state index is 0.0227. The first-order valence-corrected chi connectivity index (χ1v) is 11.1. The summed E-state index contributed by atoms with van der Waals surface area (Å²) in [5.74, 6) is 1.75. The van der Waals surface area contributed by atoms with E-state index in [1.165, 1.54) is 0 Å². The number of nitrogens with zero attached hydrogens (tertiary/aromatic N) is 1. The van der Waals surface area contributed by atoms with E-state index in [2.05, 4.69) is 5.32 Å². The molecule has 0 saturated carbocycles. The molecule has 0 unspecified atom stereocenters. The van der Waals surface area contributed by atoms with Crippen molar-refractivity contribution in [2.75, 3.05) is 19.4 Å². The summed E-state index contributed by atoms with van der Waals surface area (Å²) in [6, 6.07) is 17.2. The van der Waals surface area contributed by atoms with Crippen LogP contribution in [0.1, 0.15) is 31.4 Å². The van der Waals surface area contributed by atoms with E-state index in [0.717, 1.165) is 22.6 Å². The van der Waals surface area contributed by atoms with Gasteiger partial charge in [-0.3, -0.25) is 9.59 Å². The Labute approximate surface area is 177 Å². The van der Waals surface area contributed by atoms with E-state index in [-0.39, 0.29) is 11.8 Å². The van der Waals surface area contributed by atoms with Gasteiger partial charge in [0.25, 0.3) is 0 Å². The summed E-state index contributed by atoms with van der Waals surface area (Å²) < 4.78 is 5.18. The topological polar surface area (TPSA) is 58.6 Å². The fourth-order valence-corrected chi connectivity index (χ4v) is 3.92. The number of ether oxygens (including phenoxy) is 1. The zero-order valence-corrected chi connectivity index (χ0v) is 18.2. The van der Waals surface area contributed by atoms with Crippen molar-refractivity contribution in [2.24, 2.45) is 0 Å². The Balaban J connectivity index is 2.04. The average molecular weight is 415 g/mol. The van der Waals surface area contributed by atoms with Crippen molar-refractivity contribution in [1.82, 2.24) is 10.2 Å². The average Bonchev–Trinajstić information content (AvgIpc) is 2.75. The van der Waals surface area contributed by atoms with Crippen LogP contribution in [0.2, 0.25) is 0 Å². The molecule has 2 aromatic carbocycles. The van der Waals surface area contributed by atoms with Gasteiger partial charge in [0.15, 0.2) is 0 Å². The van der Waals surface area contributed by atoms with Crippen LogP contribution in [-0.2, 0) is 21.9 Å². The Hall–Kier alpha value is -2.47. The zero-order chi connectivity index (χ0) is 21.1. The number of methoxy groups -OCH3 is 1. The third kappa shape index (κ3) is 7.13. The number of carbonyl (C=O) groups excluding carboxylic acids is 2. The van der Waals surface area contributed by atoms with Crippen LogP contribution in [-0.4, -0.2) is 42.2 Å². The molecular formula is C23H30N2O3S. The predicted molar refractivity (Wildman–Crippen MR) is 119 cm³/mol. The largest absolute Gasteiger partial charge is 0.497 e. The first-order chi connectivity index (χ1) is 14.1. The first-order valence-electron chi connectivity index (χ1n) is 9.90. The number of hydrogen-bond donors (Lipinski definition) is 1. The molecule has 0 fully saturated rings. The van der Waals surface area contributed by atoms with Gasteiger partial charge in [0.05, 0.1) is 12.9 Å². The van der Waals surface area contributed by atoms with E-state index in [1.54, 1.807) is 23.8 Å². The van der Waals surface area contributed by atoms with Gasteiger partial charge in [-0.15, -0.1) is 11.8 Å². The van der Waals surface area contributed by atoms with E-state index >= 15 is 0 Å². The molecule has 156 valence electrons. The second kappa shape index (κ2) is 12.2. The molecule has 0 spiro atoms. The molecule has 5 nitrogen and oxygen atoms in total. The van der Waals surface area contributed by atoms with Crippen LogP contribution in [0, 0.1) is 0 Å². The third-order valence-electron chi connectivity index (χ3n) is 4.59. The van der Waals surface area contributed by atoms with Gasteiger partial charge in [-0.2, -0.15) is 0 Å². The molecule has 2 aromatic rings. The summed E-state index contributed by atoms with van der Waals surface area (Å²) in [5, 5.41) is 2.86. The number of benzene rings is 2. The SMILES string of the molecule is CCNC(=O)[C@@H](CC)N(Cc1ccccc1)C(=O)CSCc1ccc(OC)cc1. The molecule has 6 heteroatoms. The van der Waals surface area contributed by atoms with Crippen LogP contribution < -0.4 is 10.1 Å². The lowest BCUT2D eigenvalue weighted by molar-refractivity contribution is -0.139. The number of thioether (sulfide) groups is 1. The highest BCUT2D eigenvalue weighted by atomic mass is 32.2. The lowest BCUT2D eigenvalue weighted by Crippen LogP contribution is -2.49. The highest BCUT2D eigenvalue weighted by molar-refractivity contribution is 7.99. The summed E-state index contributed by atoms with van der Waals surface area (Å²) in [6.45, 7) is 4.81. The van der Waals surface area contributed by atoms with Gasteiger partial charge in [-0.1, -0.05) is 49.4 Å². The number of amides is 2. The highest BCUT2D eigenvalue weighted by Gasteiger charge is 2.28. The Bertz CT molecular complexity index is 765. The summed E-state index contributed by atoms with van der Waals surface area (Å²) in [5.41, 5.74) is 2.15. The number of nitrogens with one attached hydrogen (secondary N) is 1. The van der Waals surface area contributed by atoms with Gasteiger partial charge in [0.1, 0.15) is 11.8 Å². The maximum absolute atomic E-state index is 13.1. The minimum Gasteiger partial charge on any atom is -0.497 e. The zero-order valence-electron chi connectivity index (χ0n) is 17.4. The van der Waals surface area contributed by atoms with Crippen molar-refractivity contribution in [2.45, 2.75) is 38.6 Å². The van der Waals surface area contributed by atoms with Crippen LogP contribution >= 0.6 is 11.8 Å². The Morgan fingerprint density at radius 2 is 1.72 bits per heavy atom. The molecule has 1 atom stereocenters. The fourth-order valence-electron chi connectivity index (χ4n) is 3.05. The standard InChI is InChI=1S/C23H30N2O3S/c1-4-21(23(27)24-5-2)25(15-18-9-7-6-8-10-18)22(26)17-29-16-19-11-13-20(28-3)14-12-19/h6-14,21H,4-5,15-17H2,1-3H3,(H,24,27)/t21-/m1/s1. The van der Waals surface area contributed by atoms with Gasteiger partial charge in [-0.25, -0.2) is 0 Å². The third-order valence-corrected chi connectivity index (χ3v) is 5.57. The molecule has 0 aliphatic rings. The van der Waals surface area contributed by atoms with E-state index in [4.69, 9.17) is 4.74 Å². The lowest BCUT2D eigenvalue weighted by Gasteiger charge is -2.30. The summed E-state index contributed by atoms with van der Waals surface area (Å²) >= 11 is 1.56. The molecule has 0 radical (unpaired) electrons. The Morgan fingerprint density at radius 1 is 1.03 bits per heavy atom. The molecular weight excluding hydrogens is 384 g/mol. The number of rotatable bonds is 11. The van der Waals surface area contributed by atoms with Gasteiger partial charge in [0.2, 0.25) is 11.8 Å². The maximum Gasteiger partial charge on any atom is 0.242 e. The van der Waals surface area contributed by atoms with Gasteiger partial charge in [0, 0.05) is 18.8 Å². The molecule has 0 aliphatic heterocycles. The monoisotopic (exact) mass is 414 g/mol. The normalized spacial score (nSPS) is 11.6. The smallest absolute Gasteiger partial charge is 0.242 e. The molecule has 2 amide bonds. The summed E-state index contributed by atoms with van der Waals surface area (Å²) in [6.07, 6.45) is 0.577. The van der Waals surface area contributed by atoms with Crippen molar-refractivity contribution in [1.29, 1.82) is 0 Å². The van der Waals surface area contributed by atoms with Crippen LogP contribution in [0.4, 0.5) is 0 Å². The van der Waals surface area contributed by atoms with Crippen molar-refractivity contribution in [3.8, 4) is 5.75 Å². The molecule has 0 saturated heterocycles. The molecule has 0 heterocycles. The van der Waals surface area contributed by atoms with E-state index in [1.807, 2.05) is 68.4 Å². The Kier molecular flexibility index (Phi) is 9.57. The second-order valence-corrected chi connectivity index (χ2v) is 7.65. The van der Waals surface area contributed by atoms with Crippen LogP contribution in [0.5, 0.6) is 5.75 Å². The Morgan fingerprint density at radius 3 is 2.31 bits per heavy atom. The molecule has 0 bridgehead atoms. The maximum atomic E-state index is 13.1. The van der Waals surface area contributed by atoms with Crippen LogP contribution in [0.15, 0.2) is 54.6 Å². The first kappa shape index (κ1) is 22.8. The van der Waals surface area contributed by atoms with Crippen molar-refractivity contribution < 1.29 is 14.3 Å². The van der Waals surface area contributed by atoms with Gasteiger partial charge < -0.3 is 15.0 Å². The van der Waals surface area contributed by atoms with Crippen molar-refractivity contribution in [3.63, 3.8) is 0 Å². The highest BCUT2D eigenvalue weighted by Crippen LogP contribution is 2.19. The van der Waals surface area contributed by atoms with E-state index in [0.29, 0.717) is 25.3 Å². The quantitative estimate of drug-likeness (QED) is 0.606. The predicted octanol–water partition coefficient (Wildman–Crippen LogP) is 3.87. The van der Waals surface area contributed by atoms with Gasteiger partial charge >= 0.3 is 0 Å². The van der Waals surface area contributed by atoms with E-state index < -0.39 is 6.04 Å². The van der Waals surface area contributed by atoms with Crippen LogP contribution in [0.3, 0.4) is 0 Å². The van der Waals surface area contributed by atoms with Crippen molar-refractivity contribution >= 4 is 23.6 Å². The molecule has 2 rings (SSSR count). The van der Waals surface area contributed by atoms with Crippen LogP contribution in [0.25, 0.3) is 0 Å². The summed E-state index contributed by atoms with van der Waals surface area (Å²) in [7, 11) is 1.64. The lowest BCUT2D eigenvalue weighted by atomic mass is 10.1. The minimum atomic E-state index is -0.468. The van der Waals surface area contributed by atoms with Crippen molar-refractivity contribution in [3.05, 3.63) is 65.7 Å². The second-order valence-electron chi connectivity index (χ2n) is 6.67. The molecule has 0 aromatic heterocycles.